The second kappa shape index (κ2) is 9.23. The Hall–Kier alpha value is -3.31. The Labute approximate surface area is 187 Å². The van der Waals surface area contributed by atoms with E-state index in [1.807, 2.05) is 67.2 Å². The molecule has 0 fully saturated rings. The Morgan fingerprint density at radius 3 is 2.65 bits per heavy atom. The summed E-state index contributed by atoms with van der Waals surface area (Å²) in [6, 6.07) is 20.1. The number of rotatable bonds is 7. The van der Waals surface area contributed by atoms with E-state index in [-0.39, 0.29) is 11.9 Å². The molecule has 2 aromatic heterocycles. The predicted octanol–water partition coefficient (Wildman–Crippen LogP) is 6.23. The Morgan fingerprint density at radius 1 is 1.06 bits per heavy atom. The number of ether oxygens (including phenoxy) is 1. The van der Waals surface area contributed by atoms with Crippen LogP contribution in [0, 0.1) is 13.8 Å². The van der Waals surface area contributed by atoms with Crippen LogP contribution in [0.15, 0.2) is 78.4 Å². The number of nitrogens with one attached hydrogen (secondary N) is 1. The third kappa shape index (κ3) is 4.89. The zero-order chi connectivity index (χ0) is 21.8. The minimum absolute atomic E-state index is 0.0677. The van der Waals surface area contributed by atoms with Crippen LogP contribution < -0.4 is 10.1 Å². The molecule has 0 bridgehead atoms. The van der Waals surface area contributed by atoms with Gasteiger partial charge in [0.15, 0.2) is 0 Å². The lowest BCUT2D eigenvalue weighted by molar-refractivity contribution is 0.0944. The summed E-state index contributed by atoms with van der Waals surface area (Å²) in [4.78, 5) is 13.5. The number of hydrogen-bond donors (Lipinski definition) is 1. The Bertz CT molecular complexity index is 1180. The highest BCUT2D eigenvalue weighted by Crippen LogP contribution is 2.24. The van der Waals surface area contributed by atoms with Crippen molar-refractivity contribution >= 4 is 17.2 Å². The molecule has 4 aromatic rings. The number of amides is 1. The molecule has 1 atom stereocenters. The first-order valence-corrected chi connectivity index (χ1v) is 11.2. The molecule has 0 aliphatic carbocycles. The molecule has 1 unspecified atom stereocenters. The molecular formula is C26H26N2O2S. The van der Waals surface area contributed by atoms with Gasteiger partial charge < -0.3 is 14.6 Å². The SMILES string of the molecule is Cc1cccc(OCc2csc(C(=O)NC(C)c3cccc(-n4cccc4)c3)c2)c1C. The van der Waals surface area contributed by atoms with Gasteiger partial charge in [-0.1, -0.05) is 24.3 Å². The molecule has 1 amide bonds. The van der Waals surface area contributed by atoms with E-state index in [2.05, 4.69) is 41.9 Å². The first kappa shape index (κ1) is 20.9. The summed E-state index contributed by atoms with van der Waals surface area (Å²) < 4.78 is 8.02. The third-order valence-electron chi connectivity index (χ3n) is 5.45. The highest BCUT2D eigenvalue weighted by molar-refractivity contribution is 7.12. The van der Waals surface area contributed by atoms with E-state index in [1.54, 1.807) is 0 Å². The molecule has 31 heavy (non-hydrogen) atoms. The highest BCUT2D eigenvalue weighted by Gasteiger charge is 2.14. The normalized spacial score (nSPS) is 11.8. The van der Waals surface area contributed by atoms with Crippen LogP contribution in [-0.2, 0) is 6.61 Å². The molecule has 0 aliphatic heterocycles. The minimum atomic E-state index is -0.0974. The van der Waals surface area contributed by atoms with Gasteiger partial charge in [0.05, 0.1) is 10.9 Å². The maximum atomic E-state index is 12.8. The van der Waals surface area contributed by atoms with Gasteiger partial charge in [-0.05, 0) is 79.2 Å². The minimum Gasteiger partial charge on any atom is -0.489 e. The van der Waals surface area contributed by atoms with Crippen molar-refractivity contribution in [1.82, 2.24) is 9.88 Å². The molecule has 0 radical (unpaired) electrons. The summed E-state index contributed by atoms with van der Waals surface area (Å²) in [7, 11) is 0. The van der Waals surface area contributed by atoms with Gasteiger partial charge in [0.25, 0.3) is 5.91 Å². The summed E-state index contributed by atoms with van der Waals surface area (Å²) in [5, 5.41) is 5.09. The second-order valence-electron chi connectivity index (χ2n) is 7.69. The van der Waals surface area contributed by atoms with Gasteiger partial charge in [-0.15, -0.1) is 11.3 Å². The Kier molecular flexibility index (Phi) is 6.23. The first-order valence-electron chi connectivity index (χ1n) is 10.3. The van der Waals surface area contributed by atoms with Crippen molar-refractivity contribution in [2.45, 2.75) is 33.4 Å². The zero-order valence-electron chi connectivity index (χ0n) is 18.0. The molecule has 0 aliphatic rings. The first-order chi connectivity index (χ1) is 15.0. The van der Waals surface area contributed by atoms with Crippen molar-refractivity contribution in [3.05, 3.63) is 106 Å². The zero-order valence-corrected chi connectivity index (χ0v) is 18.8. The summed E-state index contributed by atoms with van der Waals surface area (Å²) in [5.74, 6) is 0.815. The number of nitrogens with zero attached hydrogens (tertiary/aromatic N) is 1. The fourth-order valence-electron chi connectivity index (χ4n) is 3.42. The molecule has 1 N–H and O–H groups in total. The molecular weight excluding hydrogens is 404 g/mol. The van der Waals surface area contributed by atoms with Crippen LogP contribution in [0.25, 0.3) is 5.69 Å². The van der Waals surface area contributed by atoms with Crippen molar-refractivity contribution in [2.75, 3.05) is 0 Å². The molecule has 5 heteroatoms. The van der Waals surface area contributed by atoms with Crippen molar-refractivity contribution in [3.8, 4) is 11.4 Å². The Morgan fingerprint density at radius 2 is 1.84 bits per heavy atom. The molecule has 4 nitrogen and oxygen atoms in total. The van der Waals surface area contributed by atoms with Crippen LogP contribution >= 0.6 is 11.3 Å². The second-order valence-corrected chi connectivity index (χ2v) is 8.60. The lowest BCUT2D eigenvalue weighted by Gasteiger charge is -2.15. The van der Waals surface area contributed by atoms with E-state index >= 15 is 0 Å². The van der Waals surface area contributed by atoms with Gasteiger partial charge in [0.1, 0.15) is 12.4 Å². The molecule has 2 heterocycles. The quantitative estimate of drug-likeness (QED) is 0.378. The van der Waals surface area contributed by atoms with Crippen LogP contribution in [0.1, 0.15) is 44.9 Å². The fraction of sp³-hybridized carbons (Fsp3) is 0.192. The van der Waals surface area contributed by atoms with E-state index in [0.29, 0.717) is 11.5 Å². The molecule has 0 saturated carbocycles. The van der Waals surface area contributed by atoms with Crippen LogP contribution in [0.4, 0.5) is 0 Å². The fourth-order valence-corrected chi connectivity index (χ4v) is 4.22. The number of hydrogen-bond acceptors (Lipinski definition) is 3. The summed E-state index contributed by atoms with van der Waals surface area (Å²) in [5.41, 5.74) is 5.49. The standard InChI is InChI=1S/C26H26N2O2S/c1-18-8-6-11-24(19(18)2)30-16-21-14-25(31-17-21)26(29)27-20(3)22-9-7-10-23(15-22)28-12-4-5-13-28/h4-15,17,20H,16H2,1-3H3,(H,27,29). The maximum absolute atomic E-state index is 12.8. The van der Waals surface area contributed by atoms with E-state index in [4.69, 9.17) is 4.74 Å². The lowest BCUT2D eigenvalue weighted by Crippen LogP contribution is -2.26. The van der Waals surface area contributed by atoms with Gasteiger partial charge in [-0.2, -0.15) is 0 Å². The topological polar surface area (TPSA) is 43.3 Å². The van der Waals surface area contributed by atoms with E-state index in [9.17, 15) is 4.79 Å². The van der Waals surface area contributed by atoms with Gasteiger partial charge >= 0.3 is 0 Å². The molecule has 2 aromatic carbocycles. The average Bonchev–Trinajstić information content (AvgIpc) is 3.47. The predicted molar refractivity (Wildman–Crippen MR) is 126 cm³/mol. The number of benzene rings is 2. The van der Waals surface area contributed by atoms with E-state index in [1.165, 1.54) is 16.9 Å². The van der Waals surface area contributed by atoms with Gasteiger partial charge in [-0.3, -0.25) is 4.79 Å². The van der Waals surface area contributed by atoms with Gasteiger partial charge in [0.2, 0.25) is 0 Å². The van der Waals surface area contributed by atoms with Crippen molar-refractivity contribution < 1.29 is 9.53 Å². The van der Waals surface area contributed by atoms with Crippen LogP contribution in [0.3, 0.4) is 0 Å². The van der Waals surface area contributed by atoms with Crippen molar-refractivity contribution in [2.24, 2.45) is 0 Å². The van der Waals surface area contributed by atoms with Gasteiger partial charge in [-0.25, -0.2) is 0 Å². The van der Waals surface area contributed by atoms with E-state index < -0.39 is 0 Å². The third-order valence-corrected chi connectivity index (χ3v) is 6.42. The smallest absolute Gasteiger partial charge is 0.261 e. The van der Waals surface area contributed by atoms with Crippen LogP contribution in [0.2, 0.25) is 0 Å². The number of thiophene rings is 1. The van der Waals surface area contributed by atoms with Gasteiger partial charge in [0, 0.05) is 23.6 Å². The van der Waals surface area contributed by atoms with Crippen LogP contribution in [0.5, 0.6) is 5.75 Å². The summed E-state index contributed by atoms with van der Waals surface area (Å²) in [6.45, 7) is 6.59. The van der Waals surface area contributed by atoms with E-state index in [0.717, 1.165) is 28.1 Å². The van der Waals surface area contributed by atoms with Crippen molar-refractivity contribution in [1.29, 1.82) is 0 Å². The van der Waals surface area contributed by atoms with Crippen LogP contribution in [-0.4, -0.2) is 10.5 Å². The van der Waals surface area contributed by atoms with Crippen molar-refractivity contribution in [3.63, 3.8) is 0 Å². The largest absolute Gasteiger partial charge is 0.489 e. The average molecular weight is 431 g/mol. The number of aryl methyl sites for hydroxylation is 1. The number of carbonyl (C=O) groups is 1. The lowest BCUT2D eigenvalue weighted by atomic mass is 10.1. The summed E-state index contributed by atoms with van der Waals surface area (Å²) in [6.07, 6.45) is 4.02. The highest BCUT2D eigenvalue weighted by atomic mass is 32.1. The molecule has 158 valence electrons. The molecule has 0 saturated heterocycles. The number of carbonyl (C=O) groups excluding carboxylic acids is 1. The Balaban J connectivity index is 1.39. The molecule has 0 spiro atoms. The maximum Gasteiger partial charge on any atom is 0.261 e. The summed E-state index contributed by atoms with van der Waals surface area (Å²) >= 11 is 1.44. The monoisotopic (exact) mass is 430 g/mol. The molecule has 4 rings (SSSR count). The number of aromatic nitrogens is 1.